The summed E-state index contributed by atoms with van der Waals surface area (Å²) in [5, 5.41) is 4.99. The van der Waals surface area contributed by atoms with Gasteiger partial charge in [0.1, 0.15) is 5.58 Å². The number of amides is 1. The summed E-state index contributed by atoms with van der Waals surface area (Å²) >= 11 is 0. The van der Waals surface area contributed by atoms with Gasteiger partial charge in [-0.25, -0.2) is 5.43 Å². The first kappa shape index (κ1) is 17.3. The molecule has 5 heteroatoms. The molecule has 5 nitrogen and oxygen atoms in total. The maximum Gasteiger partial charge on any atom is 0.307 e. The minimum atomic E-state index is -0.356. The van der Waals surface area contributed by atoms with Gasteiger partial charge in [0.25, 0.3) is 0 Å². The van der Waals surface area contributed by atoms with Gasteiger partial charge in [0.15, 0.2) is 5.76 Å². The quantitative estimate of drug-likeness (QED) is 0.550. The Morgan fingerprint density at radius 1 is 1.11 bits per heavy atom. The van der Waals surface area contributed by atoms with Crippen LogP contribution in [0.3, 0.4) is 0 Å². The highest BCUT2D eigenvalue weighted by Crippen LogP contribution is 2.22. The highest BCUT2D eigenvalue weighted by molar-refractivity contribution is 5.96. The second-order valence-corrected chi connectivity index (χ2v) is 6.94. The molecule has 1 aliphatic heterocycles. The van der Waals surface area contributed by atoms with E-state index in [-0.39, 0.29) is 11.7 Å². The van der Waals surface area contributed by atoms with Gasteiger partial charge in [-0.2, -0.15) is 5.10 Å². The number of hydrogen-bond donors (Lipinski definition) is 1. The van der Waals surface area contributed by atoms with Gasteiger partial charge in [-0.15, -0.1) is 0 Å². The molecule has 1 aliphatic rings. The first-order chi connectivity index (χ1) is 13.2. The lowest BCUT2D eigenvalue weighted by Crippen LogP contribution is -2.29. The molecule has 0 radical (unpaired) electrons. The Bertz CT molecular complexity index is 951. The average Bonchev–Trinajstić information content (AvgIpc) is 3.14. The van der Waals surface area contributed by atoms with Crippen molar-refractivity contribution in [3.05, 3.63) is 65.4 Å². The first-order valence-electron chi connectivity index (χ1n) is 9.38. The minimum absolute atomic E-state index is 0.255. The van der Waals surface area contributed by atoms with E-state index in [9.17, 15) is 4.79 Å². The zero-order chi connectivity index (χ0) is 18.6. The summed E-state index contributed by atoms with van der Waals surface area (Å²) in [6.07, 6.45) is 5.52. The van der Waals surface area contributed by atoms with E-state index in [0.717, 1.165) is 29.6 Å². The molecule has 27 heavy (non-hydrogen) atoms. The molecule has 0 saturated carbocycles. The zero-order valence-corrected chi connectivity index (χ0v) is 15.4. The Kier molecular flexibility index (Phi) is 4.92. The van der Waals surface area contributed by atoms with Crippen LogP contribution in [0.2, 0.25) is 0 Å². The van der Waals surface area contributed by atoms with Crippen molar-refractivity contribution >= 4 is 28.8 Å². The number of furan rings is 1. The number of aryl methyl sites for hydroxylation is 1. The summed E-state index contributed by atoms with van der Waals surface area (Å²) in [4.78, 5) is 14.7. The fraction of sp³-hybridized carbons (Fsp3) is 0.273. The van der Waals surface area contributed by atoms with Crippen molar-refractivity contribution in [1.82, 2.24) is 5.43 Å². The average molecular weight is 361 g/mol. The van der Waals surface area contributed by atoms with Crippen LogP contribution in [0.4, 0.5) is 5.69 Å². The van der Waals surface area contributed by atoms with Gasteiger partial charge < -0.3 is 9.32 Å². The number of hydrazone groups is 1. The van der Waals surface area contributed by atoms with Crippen LogP contribution < -0.4 is 10.3 Å². The molecule has 0 bridgehead atoms. The number of piperidine rings is 1. The summed E-state index contributed by atoms with van der Waals surface area (Å²) in [5.74, 6) is -0.101. The smallest absolute Gasteiger partial charge is 0.307 e. The molecule has 1 fully saturated rings. The van der Waals surface area contributed by atoms with E-state index < -0.39 is 0 Å². The Hall–Kier alpha value is -3.08. The minimum Gasteiger partial charge on any atom is -0.451 e. The predicted octanol–water partition coefficient (Wildman–Crippen LogP) is 4.50. The van der Waals surface area contributed by atoms with E-state index >= 15 is 0 Å². The van der Waals surface area contributed by atoms with Crippen molar-refractivity contribution in [2.45, 2.75) is 26.2 Å². The summed E-state index contributed by atoms with van der Waals surface area (Å²) in [5.41, 5.74) is 6.62. The molecule has 0 unspecified atom stereocenters. The normalized spacial score (nSPS) is 14.8. The molecule has 3 aromatic rings. The van der Waals surface area contributed by atoms with Crippen molar-refractivity contribution in [2.24, 2.45) is 5.10 Å². The number of para-hydroxylation sites is 1. The van der Waals surface area contributed by atoms with Crippen molar-refractivity contribution in [3.63, 3.8) is 0 Å². The summed E-state index contributed by atoms with van der Waals surface area (Å²) in [6.45, 7) is 4.32. The molecule has 4 rings (SSSR count). The Morgan fingerprint density at radius 3 is 2.70 bits per heavy atom. The number of hydrogen-bond acceptors (Lipinski definition) is 4. The summed E-state index contributed by atoms with van der Waals surface area (Å²) in [7, 11) is 0. The SMILES string of the molecule is Cc1cc(N2CCCCC2)ccc1/C=N/NC(=O)c1cc2ccccc2o1. The largest absolute Gasteiger partial charge is 0.451 e. The number of carbonyl (C=O) groups is 1. The van der Waals surface area contributed by atoms with Crippen molar-refractivity contribution < 1.29 is 9.21 Å². The Balaban J connectivity index is 1.42. The zero-order valence-electron chi connectivity index (χ0n) is 15.4. The standard InChI is InChI=1S/C22H23N3O2/c1-16-13-19(25-11-5-2-6-12-25)10-9-18(16)15-23-24-22(26)21-14-17-7-3-4-8-20(17)27-21/h3-4,7-10,13-15H,2,5-6,11-12H2,1H3,(H,24,26)/b23-15+. The number of benzene rings is 2. The fourth-order valence-corrected chi connectivity index (χ4v) is 3.46. The van der Waals surface area contributed by atoms with Crippen LogP contribution in [-0.4, -0.2) is 25.2 Å². The van der Waals surface area contributed by atoms with Gasteiger partial charge in [-0.3, -0.25) is 4.79 Å². The molecule has 2 heterocycles. The predicted molar refractivity (Wildman–Crippen MR) is 109 cm³/mol. The second kappa shape index (κ2) is 7.66. The van der Waals surface area contributed by atoms with Crippen LogP contribution in [0.5, 0.6) is 0 Å². The highest BCUT2D eigenvalue weighted by Gasteiger charge is 2.12. The molecule has 0 spiro atoms. The van der Waals surface area contributed by atoms with Crippen LogP contribution in [0.25, 0.3) is 11.0 Å². The molecule has 138 valence electrons. The van der Waals surface area contributed by atoms with Crippen molar-refractivity contribution in [3.8, 4) is 0 Å². The number of carbonyl (C=O) groups excluding carboxylic acids is 1. The fourth-order valence-electron chi connectivity index (χ4n) is 3.46. The Morgan fingerprint density at radius 2 is 1.93 bits per heavy atom. The maximum absolute atomic E-state index is 12.2. The van der Waals surface area contributed by atoms with Gasteiger partial charge in [-0.05, 0) is 61.6 Å². The molecule has 1 aromatic heterocycles. The van der Waals surface area contributed by atoms with Gasteiger partial charge in [0, 0.05) is 24.2 Å². The molecule has 2 aromatic carbocycles. The first-order valence-corrected chi connectivity index (χ1v) is 9.38. The van der Waals surface area contributed by atoms with Crippen molar-refractivity contribution in [2.75, 3.05) is 18.0 Å². The van der Waals surface area contributed by atoms with Crippen LogP contribution >= 0.6 is 0 Å². The summed E-state index contributed by atoms with van der Waals surface area (Å²) < 4.78 is 5.55. The number of anilines is 1. The van der Waals surface area contributed by atoms with E-state index in [1.165, 1.54) is 24.9 Å². The van der Waals surface area contributed by atoms with E-state index in [1.807, 2.05) is 24.3 Å². The number of nitrogens with one attached hydrogen (secondary N) is 1. The summed E-state index contributed by atoms with van der Waals surface area (Å²) in [6, 6.07) is 15.6. The maximum atomic E-state index is 12.2. The molecular weight excluding hydrogens is 338 g/mol. The monoisotopic (exact) mass is 361 g/mol. The lowest BCUT2D eigenvalue weighted by atomic mass is 10.1. The second-order valence-electron chi connectivity index (χ2n) is 6.94. The van der Waals surface area contributed by atoms with Gasteiger partial charge in [0.2, 0.25) is 0 Å². The molecule has 1 N–H and O–H groups in total. The Labute approximate surface area is 158 Å². The molecule has 1 amide bonds. The van der Waals surface area contributed by atoms with E-state index in [4.69, 9.17) is 4.42 Å². The number of fused-ring (bicyclic) bond motifs is 1. The van der Waals surface area contributed by atoms with Crippen LogP contribution in [0.15, 0.2) is 58.0 Å². The van der Waals surface area contributed by atoms with Gasteiger partial charge in [-0.1, -0.05) is 24.3 Å². The topological polar surface area (TPSA) is 57.8 Å². The molecule has 0 aliphatic carbocycles. The molecule has 1 saturated heterocycles. The third-order valence-electron chi connectivity index (χ3n) is 4.99. The van der Waals surface area contributed by atoms with E-state index in [0.29, 0.717) is 5.58 Å². The van der Waals surface area contributed by atoms with Gasteiger partial charge >= 0.3 is 5.91 Å². The van der Waals surface area contributed by atoms with Crippen molar-refractivity contribution in [1.29, 1.82) is 0 Å². The molecule has 0 atom stereocenters. The number of nitrogens with zero attached hydrogens (tertiary/aromatic N) is 2. The molecular formula is C22H23N3O2. The van der Waals surface area contributed by atoms with Crippen LogP contribution in [0, 0.1) is 6.92 Å². The third kappa shape index (κ3) is 3.87. The lowest BCUT2D eigenvalue weighted by Gasteiger charge is -2.29. The van der Waals surface area contributed by atoms with E-state index in [2.05, 4.69) is 40.5 Å². The number of rotatable bonds is 4. The third-order valence-corrected chi connectivity index (χ3v) is 4.99. The van der Waals surface area contributed by atoms with Crippen LogP contribution in [0.1, 0.15) is 40.9 Å². The highest BCUT2D eigenvalue weighted by atomic mass is 16.3. The van der Waals surface area contributed by atoms with Gasteiger partial charge in [0.05, 0.1) is 6.21 Å². The van der Waals surface area contributed by atoms with E-state index in [1.54, 1.807) is 12.3 Å². The lowest BCUT2D eigenvalue weighted by molar-refractivity contribution is 0.0929. The van der Waals surface area contributed by atoms with Crippen LogP contribution in [-0.2, 0) is 0 Å².